The predicted molar refractivity (Wildman–Crippen MR) is 117 cm³/mol. The molecule has 0 bridgehead atoms. The predicted octanol–water partition coefficient (Wildman–Crippen LogP) is 3.82. The van der Waals surface area contributed by atoms with Gasteiger partial charge in [-0.2, -0.15) is 0 Å². The van der Waals surface area contributed by atoms with E-state index in [1.54, 1.807) is 16.7 Å². The minimum Gasteiger partial charge on any atom is -0.494 e. The highest BCUT2D eigenvalue weighted by Crippen LogP contribution is 2.17. The average molecular weight is 430 g/mol. The van der Waals surface area contributed by atoms with E-state index in [0.717, 1.165) is 22.6 Å². The molecule has 0 radical (unpaired) electrons. The zero-order chi connectivity index (χ0) is 20.5. The van der Waals surface area contributed by atoms with Crippen molar-refractivity contribution in [2.75, 3.05) is 18.5 Å². The first-order chi connectivity index (χ1) is 14.1. The summed E-state index contributed by atoms with van der Waals surface area (Å²) < 4.78 is 5.66. The molecule has 0 unspecified atom stereocenters. The Morgan fingerprint density at radius 3 is 2.79 bits per heavy atom. The number of nitrogens with zero attached hydrogens (tertiary/aromatic N) is 1. The molecule has 2 heterocycles. The lowest BCUT2D eigenvalue weighted by atomic mass is 10.2. The third-order valence-electron chi connectivity index (χ3n) is 3.96. The Kier molecular flexibility index (Phi) is 7.77. The highest BCUT2D eigenvalue weighted by atomic mass is 32.1. The molecule has 3 aromatic rings. The third-order valence-corrected chi connectivity index (χ3v) is 5.64. The number of nitrogens with one attached hydrogen (secondary N) is 2. The molecular weight excluding hydrogens is 406 g/mol. The number of aryl methyl sites for hydroxylation is 1. The lowest BCUT2D eigenvalue weighted by molar-refractivity contribution is -0.120. The molecule has 0 aliphatic carbocycles. The van der Waals surface area contributed by atoms with Gasteiger partial charge in [0.25, 0.3) is 0 Å². The number of benzene rings is 1. The fraction of sp³-hybridized carbons (Fsp3) is 0.286. The van der Waals surface area contributed by atoms with Gasteiger partial charge < -0.3 is 15.4 Å². The molecular formula is C21H23N3O3S2. The maximum Gasteiger partial charge on any atom is 0.231 e. The molecule has 0 saturated heterocycles. The van der Waals surface area contributed by atoms with Crippen molar-refractivity contribution in [3.63, 3.8) is 0 Å². The number of hydrogen-bond acceptors (Lipinski definition) is 6. The molecule has 0 aliphatic heterocycles. The number of aromatic nitrogens is 1. The van der Waals surface area contributed by atoms with Gasteiger partial charge in [-0.1, -0.05) is 18.2 Å². The van der Waals surface area contributed by atoms with E-state index in [9.17, 15) is 9.59 Å². The number of hydrogen-bond donors (Lipinski definition) is 2. The van der Waals surface area contributed by atoms with E-state index < -0.39 is 0 Å². The Hall–Kier alpha value is -2.71. The van der Waals surface area contributed by atoms with Gasteiger partial charge >= 0.3 is 0 Å². The molecule has 0 aliphatic rings. The van der Waals surface area contributed by atoms with Crippen LogP contribution in [0.15, 0.2) is 47.2 Å². The number of ether oxygens (including phenoxy) is 1. The van der Waals surface area contributed by atoms with Gasteiger partial charge in [-0.05, 0) is 42.5 Å². The normalized spacial score (nSPS) is 10.5. The lowest BCUT2D eigenvalue weighted by Crippen LogP contribution is -2.27. The van der Waals surface area contributed by atoms with Crippen LogP contribution >= 0.6 is 22.7 Å². The fourth-order valence-corrected chi connectivity index (χ4v) is 4.03. The maximum absolute atomic E-state index is 12.1. The first kappa shape index (κ1) is 21.0. The summed E-state index contributed by atoms with van der Waals surface area (Å²) in [5, 5.41) is 9.90. The Morgan fingerprint density at radius 1 is 1.10 bits per heavy atom. The van der Waals surface area contributed by atoms with Crippen molar-refractivity contribution in [2.24, 2.45) is 0 Å². The summed E-state index contributed by atoms with van der Waals surface area (Å²) >= 11 is 2.87. The second-order valence-electron chi connectivity index (χ2n) is 6.49. The van der Waals surface area contributed by atoms with E-state index in [1.807, 2.05) is 48.7 Å². The zero-order valence-electron chi connectivity index (χ0n) is 16.1. The van der Waals surface area contributed by atoms with Crippen LogP contribution in [0.5, 0.6) is 5.75 Å². The molecule has 8 heteroatoms. The van der Waals surface area contributed by atoms with Crippen LogP contribution in [-0.2, 0) is 22.4 Å². The van der Waals surface area contributed by atoms with Gasteiger partial charge in [0.2, 0.25) is 11.8 Å². The quantitative estimate of drug-likeness (QED) is 0.480. The summed E-state index contributed by atoms with van der Waals surface area (Å²) in [5.41, 5.74) is 1.80. The van der Waals surface area contributed by atoms with Crippen LogP contribution in [0, 0.1) is 6.92 Å². The molecule has 6 nitrogen and oxygen atoms in total. The molecule has 2 amide bonds. The van der Waals surface area contributed by atoms with Gasteiger partial charge in [0.05, 0.1) is 25.1 Å². The molecule has 152 valence electrons. The van der Waals surface area contributed by atoms with Crippen LogP contribution in [-0.4, -0.2) is 29.9 Å². The number of rotatable bonds is 10. The number of thiophene rings is 1. The lowest BCUT2D eigenvalue weighted by Gasteiger charge is -2.07. The van der Waals surface area contributed by atoms with Gasteiger partial charge in [0.15, 0.2) is 5.13 Å². The van der Waals surface area contributed by atoms with Crippen molar-refractivity contribution >= 4 is 39.6 Å². The summed E-state index contributed by atoms with van der Waals surface area (Å²) in [6.07, 6.45) is 1.24. The Bertz CT molecular complexity index is 938. The third kappa shape index (κ3) is 7.32. The van der Waals surface area contributed by atoms with E-state index in [2.05, 4.69) is 15.6 Å². The highest BCUT2D eigenvalue weighted by molar-refractivity contribution is 7.14. The monoisotopic (exact) mass is 429 g/mol. The molecule has 0 saturated carbocycles. The number of carbonyl (C=O) groups is 2. The Labute approximate surface area is 178 Å². The van der Waals surface area contributed by atoms with Crippen LogP contribution < -0.4 is 15.4 Å². The molecule has 29 heavy (non-hydrogen) atoms. The fourth-order valence-electron chi connectivity index (χ4n) is 2.60. The van der Waals surface area contributed by atoms with Crippen molar-refractivity contribution in [3.05, 3.63) is 63.3 Å². The van der Waals surface area contributed by atoms with E-state index in [0.29, 0.717) is 30.4 Å². The number of amides is 2. The SMILES string of the molecule is Cc1cccc(OCCCNC(=O)Cc2csc(NC(=O)Cc3cccs3)n2)c1. The first-order valence-corrected chi connectivity index (χ1v) is 11.1. The molecule has 3 rings (SSSR count). The molecule has 0 atom stereocenters. The van der Waals surface area contributed by atoms with Gasteiger partial charge in [0.1, 0.15) is 5.75 Å². The Balaban J connectivity index is 1.32. The molecule has 0 fully saturated rings. The highest BCUT2D eigenvalue weighted by Gasteiger charge is 2.10. The topological polar surface area (TPSA) is 80.3 Å². The molecule has 1 aromatic carbocycles. The molecule has 2 aromatic heterocycles. The van der Waals surface area contributed by atoms with Crippen LogP contribution in [0.3, 0.4) is 0 Å². The minimum atomic E-state index is -0.105. The van der Waals surface area contributed by atoms with Gasteiger partial charge in [-0.3, -0.25) is 9.59 Å². The maximum atomic E-state index is 12.1. The summed E-state index contributed by atoms with van der Waals surface area (Å²) in [4.78, 5) is 29.4. The second-order valence-corrected chi connectivity index (χ2v) is 8.38. The largest absolute Gasteiger partial charge is 0.494 e. The summed E-state index contributed by atoms with van der Waals surface area (Å²) in [5.74, 6) is 0.640. The van der Waals surface area contributed by atoms with Crippen LogP contribution in [0.2, 0.25) is 0 Å². The summed E-state index contributed by atoms with van der Waals surface area (Å²) in [7, 11) is 0. The van der Waals surface area contributed by atoms with Gasteiger partial charge in [0, 0.05) is 16.8 Å². The second kappa shape index (κ2) is 10.7. The van der Waals surface area contributed by atoms with Crippen molar-refractivity contribution < 1.29 is 14.3 Å². The van der Waals surface area contributed by atoms with E-state index >= 15 is 0 Å². The molecule has 2 N–H and O–H groups in total. The van der Waals surface area contributed by atoms with Crippen molar-refractivity contribution in [1.82, 2.24) is 10.3 Å². The summed E-state index contributed by atoms with van der Waals surface area (Å²) in [6.45, 7) is 3.10. The standard InChI is InChI=1S/C21H23N3O3S2/c1-15-5-2-6-17(11-15)27-9-4-8-22-19(25)12-16-14-29-21(23-16)24-20(26)13-18-7-3-10-28-18/h2-3,5-7,10-11,14H,4,8-9,12-13H2,1H3,(H,22,25)(H,23,24,26). The van der Waals surface area contributed by atoms with Crippen molar-refractivity contribution in [1.29, 1.82) is 0 Å². The molecule has 0 spiro atoms. The van der Waals surface area contributed by atoms with Gasteiger partial charge in [-0.15, -0.1) is 22.7 Å². The van der Waals surface area contributed by atoms with E-state index in [1.165, 1.54) is 11.3 Å². The van der Waals surface area contributed by atoms with Crippen LogP contribution in [0.25, 0.3) is 0 Å². The number of anilines is 1. The number of thiazole rings is 1. The summed E-state index contributed by atoms with van der Waals surface area (Å²) in [6, 6.07) is 11.7. The average Bonchev–Trinajstić information content (AvgIpc) is 3.33. The minimum absolute atomic E-state index is 0.0951. The van der Waals surface area contributed by atoms with E-state index in [4.69, 9.17) is 4.74 Å². The first-order valence-electron chi connectivity index (χ1n) is 9.31. The smallest absolute Gasteiger partial charge is 0.231 e. The Morgan fingerprint density at radius 2 is 2.00 bits per heavy atom. The zero-order valence-corrected chi connectivity index (χ0v) is 17.8. The van der Waals surface area contributed by atoms with Crippen LogP contribution in [0.1, 0.15) is 22.6 Å². The van der Waals surface area contributed by atoms with Gasteiger partial charge in [-0.25, -0.2) is 4.98 Å². The van der Waals surface area contributed by atoms with Crippen molar-refractivity contribution in [2.45, 2.75) is 26.2 Å². The van der Waals surface area contributed by atoms with Crippen LogP contribution in [0.4, 0.5) is 5.13 Å². The van der Waals surface area contributed by atoms with Crippen molar-refractivity contribution in [3.8, 4) is 5.75 Å². The van der Waals surface area contributed by atoms with E-state index in [-0.39, 0.29) is 18.2 Å². The number of carbonyl (C=O) groups excluding carboxylic acids is 2.